The van der Waals surface area contributed by atoms with Gasteiger partial charge in [0.15, 0.2) is 5.69 Å². The Kier molecular flexibility index (Phi) is 5.32. The summed E-state index contributed by atoms with van der Waals surface area (Å²) in [6.07, 6.45) is 0. The number of aromatic amines is 1. The summed E-state index contributed by atoms with van der Waals surface area (Å²) < 4.78 is 60.4. The number of nitrogens with zero attached hydrogens (tertiary/aromatic N) is 3. The molecule has 1 aromatic heterocycles. The highest BCUT2D eigenvalue weighted by Crippen LogP contribution is 2.37. The number of sulfonamides is 2. The van der Waals surface area contributed by atoms with Gasteiger partial charge in [0.05, 0.1) is 28.5 Å². The molecule has 1 saturated heterocycles. The Balaban J connectivity index is 1.74. The van der Waals surface area contributed by atoms with E-state index in [0.29, 0.717) is 18.7 Å². The number of rotatable bonds is 5. The number of H-pyrrole nitrogens is 1. The topological polar surface area (TPSA) is 141 Å². The molecule has 30 heavy (non-hydrogen) atoms. The van der Waals surface area contributed by atoms with Gasteiger partial charge in [-0.05, 0) is 30.3 Å². The first-order chi connectivity index (χ1) is 14.3. The molecule has 4 rings (SSSR count). The predicted octanol–water partition coefficient (Wildman–Crippen LogP) is 2.37. The number of aromatic nitrogens is 1. The molecule has 2 aromatic carbocycles. The third kappa shape index (κ3) is 3.81. The highest BCUT2D eigenvalue weighted by molar-refractivity contribution is 7.90. The quantitative estimate of drug-likeness (QED) is 0.572. The molecule has 2 N–H and O–H groups in total. The zero-order chi connectivity index (χ0) is 21.4. The van der Waals surface area contributed by atoms with E-state index in [4.69, 9.17) is 4.74 Å². The smallest absolute Gasteiger partial charge is 0.299 e. The zero-order valence-electron chi connectivity index (χ0n) is 15.6. The van der Waals surface area contributed by atoms with E-state index in [1.807, 2.05) is 0 Å². The van der Waals surface area contributed by atoms with Crippen molar-refractivity contribution in [3.63, 3.8) is 0 Å². The van der Waals surface area contributed by atoms with Crippen LogP contribution >= 0.6 is 0 Å². The number of ether oxygens (including phenoxy) is 1. The molecular weight excluding hydrogens is 432 g/mol. The van der Waals surface area contributed by atoms with Gasteiger partial charge in [0.1, 0.15) is 0 Å². The number of nitrogens with one attached hydrogen (secondary N) is 1. The SMILES string of the molecule is O=S(=O)(N=Nc1c(O)[nH]c2ccc(S(=O)(=O)N3CCOCC3)cc12)c1ccccc1. The number of morpholine rings is 1. The molecule has 0 radical (unpaired) electrons. The van der Waals surface area contributed by atoms with Gasteiger partial charge in [0, 0.05) is 18.5 Å². The highest BCUT2D eigenvalue weighted by Gasteiger charge is 2.27. The average molecular weight is 450 g/mol. The predicted molar refractivity (Wildman–Crippen MR) is 108 cm³/mol. The van der Waals surface area contributed by atoms with Crippen molar-refractivity contribution >= 4 is 36.6 Å². The van der Waals surface area contributed by atoms with Crippen molar-refractivity contribution in [2.45, 2.75) is 9.79 Å². The van der Waals surface area contributed by atoms with Crippen LogP contribution in [0.2, 0.25) is 0 Å². The van der Waals surface area contributed by atoms with E-state index in [-0.39, 0.29) is 34.0 Å². The van der Waals surface area contributed by atoms with Crippen molar-refractivity contribution in [1.29, 1.82) is 0 Å². The van der Waals surface area contributed by atoms with Crippen molar-refractivity contribution in [3.05, 3.63) is 48.5 Å². The van der Waals surface area contributed by atoms with E-state index < -0.39 is 25.9 Å². The number of benzene rings is 2. The number of hydrogen-bond donors (Lipinski definition) is 2. The Bertz CT molecular complexity index is 1310. The van der Waals surface area contributed by atoms with Gasteiger partial charge >= 0.3 is 0 Å². The normalized spacial score (nSPS) is 16.4. The maximum Gasteiger partial charge on any atom is 0.299 e. The lowest BCUT2D eigenvalue weighted by molar-refractivity contribution is 0.0730. The van der Waals surface area contributed by atoms with Crippen LogP contribution in [0.4, 0.5) is 5.69 Å². The molecule has 158 valence electrons. The Morgan fingerprint density at radius 2 is 1.67 bits per heavy atom. The van der Waals surface area contributed by atoms with Crippen LogP contribution in [-0.4, -0.2) is 57.5 Å². The van der Waals surface area contributed by atoms with Crippen molar-refractivity contribution in [1.82, 2.24) is 9.29 Å². The van der Waals surface area contributed by atoms with Crippen LogP contribution in [0, 0.1) is 0 Å². The van der Waals surface area contributed by atoms with Crippen molar-refractivity contribution in [3.8, 4) is 5.88 Å². The van der Waals surface area contributed by atoms with Crippen molar-refractivity contribution in [2.75, 3.05) is 26.3 Å². The standard InChI is InChI=1S/C18H18N4O6S2/c23-18-17(20-21-29(24,25)13-4-2-1-3-5-13)15-12-14(6-7-16(15)19-18)30(26,27)22-8-10-28-11-9-22/h1-7,12,19,23H,8-11H2. The molecule has 0 aliphatic carbocycles. The lowest BCUT2D eigenvalue weighted by Gasteiger charge is -2.26. The Hall–Kier alpha value is -2.80. The van der Waals surface area contributed by atoms with E-state index >= 15 is 0 Å². The third-order valence-electron chi connectivity index (χ3n) is 4.62. The number of hydrogen-bond acceptors (Lipinski definition) is 7. The van der Waals surface area contributed by atoms with Gasteiger partial charge in [-0.1, -0.05) is 22.7 Å². The van der Waals surface area contributed by atoms with Gasteiger partial charge in [0.2, 0.25) is 15.9 Å². The minimum atomic E-state index is -4.08. The molecule has 10 nitrogen and oxygen atoms in total. The van der Waals surface area contributed by atoms with Crippen LogP contribution in [0.1, 0.15) is 0 Å². The van der Waals surface area contributed by atoms with Crippen LogP contribution < -0.4 is 0 Å². The summed E-state index contributed by atoms with van der Waals surface area (Å²) >= 11 is 0. The van der Waals surface area contributed by atoms with Crippen LogP contribution in [0.3, 0.4) is 0 Å². The third-order valence-corrected chi connectivity index (χ3v) is 7.68. The summed E-state index contributed by atoms with van der Waals surface area (Å²) in [7, 11) is -7.86. The van der Waals surface area contributed by atoms with E-state index in [1.54, 1.807) is 18.2 Å². The molecular formula is C18H18N4O6S2. The summed E-state index contributed by atoms with van der Waals surface area (Å²) in [5.41, 5.74) is 0.225. The Morgan fingerprint density at radius 1 is 0.967 bits per heavy atom. The van der Waals surface area contributed by atoms with Gasteiger partial charge in [-0.25, -0.2) is 8.42 Å². The summed E-state index contributed by atoms with van der Waals surface area (Å²) in [6.45, 7) is 1.09. The molecule has 1 aliphatic heterocycles. The molecule has 1 fully saturated rings. The van der Waals surface area contributed by atoms with Gasteiger partial charge in [-0.3, -0.25) is 0 Å². The zero-order valence-corrected chi connectivity index (χ0v) is 17.2. The van der Waals surface area contributed by atoms with Crippen LogP contribution in [0.15, 0.2) is 68.0 Å². The first-order valence-corrected chi connectivity index (χ1v) is 11.8. The molecule has 0 unspecified atom stereocenters. The molecule has 0 bridgehead atoms. The maximum atomic E-state index is 12.9. The second-order valence-electron chi connectivity index (χ2n) is 6.52. The number of fused-ring (bicyclic) bond motifs is 1. The van der Waals surface area contributed by atoms with Crippen molar-refractivity contribution < 1.29 is 26.7 Å². The molecule has 1 aliphatic rings. The molecule has 12 heteroatoms. The van der Waals surface area contributed by atoms with Gasteiger partial charge in [-0.15, -0.1) is 5.11 Å². The fraction of sp³-hybridized carbons (Fsp3) is 0.222. The van der Waals surface area contributed by atoms with Gasteiger partial charge in [0.25, 0.3) is 10.0 Å². The second kappa shape index (κ2) is 7.80. The molecule has 3 aromatic rings. The summed E-state index contributed by atoms with van der Waals surface area (Å²) in [6, 6.07) is 11.7. The van der Waals surface area contributed by atoms with E-state index in [9.17, 15) is 21.9 Å². The largest absolute Gasteiger partial charge is 0.493 e. The maximum absolute atomic E-state index is 12.9. The molecule has 0 atom stereocenters. The highest BCUT2D eigenvalue weighted by atomic mass is 32.2. The Labute approximate surface area is 172 Å². The lowest BCUT2D eigenvalue weighted by atomic mass is 10.2. The Morgan fingerprint density at radius 3 is 2.37 bits per heavy atom. The second-order valence-corrected chi connectivity index (χ2v) is 10.0. The minimum Gasteiger partial charge on any atom is -0.493 e. The molecule has 0 saturated carbocycles. The first-order valence-electron chi connectivity index (χ1n) is 8.95. The molecule has 0 amide bonds. The number of aromatic hydroxyl groups is 1. The molecule has 2 heterocycles. The van der Waals surface area contributed by atoms with E-state index in [1.165, 1.54) is 34.6 Å². The fourth-order valence-corrected chi connectivity index (χ4v) is 5.29. The van der Waals surface area contributed by atoms with Crippen molar-refractivity contribution in [2.24, 2.45) is 9.63 Å². The van der Waals surface area contributed by atoms with Crippen LogP contribution in [0.5, 0.6) is 5.88 Å². The van der Waals surface area contributed by atoms with Crippen LogP contribution in [0.25, 0.3) is 10.9 Å². The average Bonchev–Trinajstić information content (AvgIpc) is 3.08. The summed E-state index contributed by atoms with van der Waals surface area (Å²) in [5.74, 6) is -0.419. The van der Waals surface area contributed by atoms with E-state index in [2.05, 4.69) is 14.6 Å². The first kappa shape index (κ1) is 20.5. The van der Waals surface area contributed by atoms with Gasteiger partial charge < -0.3 is 14.8 Å². The molecule has 0 spiro atoms. The van der Waals surface area contributed by atoms with E-state index in [0.717, 1.165) is 0 Å². The lowest BCUT2D eigenvalue weighted by Crippen LogP contribution is -2.40. The van der Waals surface area contributed by atoms with Crippen LogP contribution in [-0.2, 0) is 24.8 Å². The monoisotopic (exact) mass is 450 g/mol. The fourth-order valence-electron chi connectivity index (χ4n) is 3.07. The summed E-state index contributed by atoms with van der Waals surface area (Å²) in [4.78, 5) is 2.59. The minimum absolute atomic E-state index is 0.00161. The summed E-state index contributed by atoms with van der Waals surface area (Å²) in [5, 5.41) is 14.1. The van der Waals surface area contributed by atoms with Gasteiger partial charge in [-0.2, -0.15) is 12.7 Å².